The van der Waals surface area contributed by atoms with Crippen LogP contribution in [0.5, 0.6) is 5.75 Å². The van der Waals surface area contributed by atoms with E-state index in [1.165, 1.54) is 7.11 Å². The van der Waals surface area contributed by atoms with Gasteiger partial charge in [-0.3, -0.25) is 0 Å². The number of hydrogen-bond donors (Lipinski definition) is 1. The molecule has 138 valence electrons. The molecule has 0 spiro atoms. The van der Waals surface area contributed by atoms with Crippen molar-refractivity contribution in [1.29, 1.82) is 0 Å². The highest BCUT2D eigenvalue weighted by Crippen LogP contribution is 2.64. The lowest BCUT2D eigenvalue weighted by molar-refractivity contribution is 0.166. The van der Waals surface area contributed by atoms with Crippen molar-refractivity contribution in [2.24, 2.45) is 11.1 Å². The van der Waals surface area contributed by atoms with Crippen LogP contribution in [-0.4, -0.2) is 39.5 Å². The van der Waals surface area contributed by atoms with Crippen LogP contribution in [0.1, 0.15) is 11.5 Å². The van der Waals surface area contributed by atoms with Crippen LogP contribution in [0.25, 0.3) is 0 Å². The number of rotatable bonds is 7. The van der Waals surface area contributed by atoms with Crippen LogP contribution in [0.2, 0.25) is 0 Å². The maximum Gasteiger partial charge on any atom is 0.182 e. The largest absolute Gasteiger partial charge is 0.497 e. The molecule has 0 radical (unpaired) electrons. The summed E-state index contributed by atoms with van der Waals surface area (Å²) in [5.41, 5.74) is 5.95. The molecule has 1 aliphatic carbocycles. The quantitative estimate of drug-likeness (QED) is 0.731. The number of sulfone groups is 1. The molecule has 26 heavy (non-hydrogen) atoms. The molecular weight excluding hydrogens is 370 g/mol. The van der Waals surface area contributed by atoms with Crippen molar-refractivity contribution in [2.75, 3.05) is 20.8 Å². The summed E-state index contributed by atoms with van der Waals surface area (Å²) in [6.45, 7) is 0.149. The predicted molar refractivity (Wildman–Crippen MR) is 104 cm³/mol. The summed E-state index contributed by atoms with van der Waals surface area (Å²) < 4.78 is 37.1. The molecule has 0 aromatic heterocycles. The fourth-order valence-corrected chi connectivity index (χ4v) is 6.47. The van der Waals surface area contributed by atoms with Crippen LogP contribution >= 0.6 is 12.2 Å². The molecule has 0 bridgehead atoms. The van der Waals surface area contributed by atoms with Gasteiger partial charge >= 0.3 is 0 Å². The first-order chi connectivity index (χ1) is 12.4. The molecule has 1 aliphatic rings. The fourth-order valence-electron chi connectivity index (χ4n) is 3.68. The topological polar surface area (TPSA) is 78.6 Å². The zero-order chi connectivity index (χ0) is 18.9. The molecule has 2 aromatic carbocycles. The first kappa shape index (κ1) is 18.8. The summed E-state index contributed by atoms with van der Waals surface area (Å²) >= 11 is 5.29. The van der Waals surface area contributed by atoms with Crippen LogP contribution in [0, 0.1) is 5.41 Å². The van der Waals surface area contributed by atoms with E-state index in [0.29, 0.717) is 5.75 Å². The molecule has 2 N–H and O–H groups in total. The highest BCUT2D eigenvalue weighted by Gasteiger charge is 2.73. The Morgan fingerprint density at radius 1 is 1.12 bits per heavy atom. The molecule has 0 aliphatic heterocycles. The molecule has 0 saturated heterocycles. The Labute approximate surface area is 159 Å². The Kier molecular flexibility index (Phi) is 5.05. The lowest BCUT2D eigenvalue weighted by Crippen LogP contribution is -2.33. The second-order valence-electron chi connectivity index (χ2n) is 6.37. The second kappa shape index (κ2) is 6.98. The van der Waals surface area contributed by atoms with Crippen LogP contribution in [-0.2, 0) is 14.6 Å². The molecule has 0 unspecified atom stereocenters. The van der Waals surface area contributed by atoms with Gasteiger partial charge in [0.25, 0.3) is 0 Å². The van der Waals surface area contributed by atoms with Crippen LogP contribution in [0.15, 0.2) is 59.5 Å². The molecule has 5 nitrogen and oxygen atoms in total. The predicted octanol–water partition coefficient (Wildman–Crippen LogP) is 2.55. The minimum absolute atomic E-state index is 0.149. The highest BCUT2D eigenvalue weighted by atomic mass is 32.2. The molecule has 0 amide bonds. The van der Waals surface area contributed by atoms with Gasteiger partial charge in [0.05, 0.1) is 34.3 Å². The lowest BCUT2D eigenvalue weighted by Gasteiger charge is -2.16. The van der Waals surface area contributed by atoms with Crippen LogP contribution < -0.4 is 10.5 Å². The van der Waals surface area contributed by atoms with Crippen molar-refractivity contribution in [3.63, 3.8) is 0 Å². The van der Waals surface area contributed by atoms with Gasteiger partial charge in [-0.1, -0.05) is 42.5 Å². The molecule has 1 saturated carbocycles. The Morgan fingerprint density at radius 2 is 1.73 bits per heavy atom. The number of thiocarbonyl (C=S) groups is 1. The van der Waals surface area contributed by atoms with Gasteiger partial charge in [0.1, 0.15) is 5.75 Å². The third-order valence-corrected chi connectivity index (χ3v) is 7.65. The SMILES string of the molecule is COC[C@]1(C(N)=S)[C@@H](c2ccc(OC)cc2)[C@@H]1S(=O)(=O)c1ccccc1. The number of methoxy groups -OCH3 is 2. The van der Waals surface area contributed by atoms with Gasteiger partial charge in [0.15, 0.2) is 9.84 Å². The summed E-state index contributed by atoms with van der Waals surface area (Å²) in [5.74, 6) is 0.334. The van der Waals surface area contributed by atoms with E-state index >= 15 is 0 Å². The molecule has 3 atom stereocenters. The third kappa shape index (κ3) is 2.90. The Bertz CT molecular complexity index is 897. The molecule has 1 fully saturated rings. The summed E-state index contributed by atoms with van der Waals surface area (Å²) in [7, 11) is -0.527. The summed E-state index contributed by atoms with van der Waals surface area (Å²) in [6, 6.07) is 15.7. The van der Waals surface area contributed by atoms with E-state index in [0.717, 1.165) is 5.56 Å². The molecule has 2 aromatic rings. The molecule has 0 heterocycles. The average Bonchev–Trinajstić information content (AvgIpc) is 3.34. The van der Waals surface area contributed by atoms with Crippen LogP contribution in [0.4, 0.5) is 0 Å². The van der Waals surface area contributed by atoms with Gasteiger partial charge in [0, 0.05) is 13.0 Å². The van der Waals surface area contributed by atoms with Crippen molar-refractivity contribution >= 4 is 27.0 Å². The minimum atomic E-state index is -3.63. The number of nitrogens with two attached hydrogens (primary N) is 1. The zero-order valence-electron chi connectivity index (χ0n) is 14.6. The van der Waals surface area contributed by atoms with Crippen molar-refractivity contribution < 1.29 is 17.9 Å². The number of benzene rings is 2. The standard InChI is InChI=1S/C19H21NO4S2/c1-23-12-19(18(20)25)16(13-8-10-14(24-2)11-9-13)17(19)26(21,22)15-6-4-3-5-7-15/h3-11,16-17H,12H2,1-2H3,(H2,20,25)/t16-,17-,19-/m0/s1. The first-order valence-electron chi connectivity index (χ1n) is 8.11. The molecule has 7 heteroatoms. The van der Waals surface area contributed by atoms with E-state index in [-0.39, 0.29) is 22.4 Å². The number of ether oxygens (including phenoxy) is 2. The number of hydrogen-bond acceptors (Lipinski definition) is 5. The van der Waals surface area contributed by atoms with Gasteiger partial charge in [-0.25, -0.2) is 8.42 Å². The van der Waals surface area contributed by atoms with Gasteiger partial charge in [-0.2, -0.15) is 0 Å². The Balaban J connectivity index is 2.09. The van der Waals surface area contributed by atoms with E-state index < -0.39 is 20.5 Å². The summed E-state index contributed by atoms with van der Waals surface area (Å²) in [4.78, 5) is 0.419. The zero-order valence-corrected chi connectivity index (χ0v) is 16.2. The van der Waals surface area contributed by atoms with E-state index in [2.05, 4.69) is 0 Å². The normalized spacial score (nSPS) is 24.8. The van der Waals surface area contributed by atoms with Gasteiger partial charge in [-0.05, 0) is 29.8 Å². The van der Waals surface area contributed by atoms with Gasteiger partial charge in [-0.15, -0.1) is 0 Å². The van der Waals surface area contributed by atoms with Crippen molar-refractivity contribution in [1.82, 2.24) is 0 Å². The fraction of sp³-hybridized carbons (Fsp3) is 0.316. The van der Waals surface area contributed by atoms with Crippen molar-refractivity contribution in [2.45, 2.75) is 16.1 Å². The highest BCUT2D eigenvalue weighted by molar-refractivity contribution is 7.92. The van der Waals surface area contributed by atoms with Crippen molar-refractivity contribution in [3.05, 3.63) is 60.2 Å². The van der Waals surface area contributed by atoms with Crippen molar-refractivity contribution in [3.8, 4) is 5.75 Å². The van der Waals surface area contributed by atoms with Crippen LogP contribution in [0.3, 0.4) is 0 Å². The summed E-state index contributed by atoms with van der Waals surface area (Å²) in [5, 5.41) is -0.761. The minimum Gasteiger partial charge on any atom is -0.497 e. The third-order valence-electron chi connectivity index (χ3n) is 4.98. The maximum absolute atomic E-state index is 13.3. The van der Waals surface area contributed by atoms with E-state index in [4.69, 9.17) is 27.4 Å². The lowest BCUT2D eigenvalue weighted by atomic mass is 10.00. The first-order valence-corrected chi connectivity index (χ1v) is 10.1. The smallest absolute Gasteiger partial charge is 0.182 e. The van der Waals surface area contributed by atoms with Gasteiger partial charge in [0.2, 0.25) is 0 Å². The van der Waals surface area contributed by atoms with E-state index in [1.54, 1.807) is 49.6 Å². The van der Waals surface area contributed by atoms with Gasteiger partial charge < -0.3 is 15.2 Å². The average molecular weight is 392 g/mol. The Morgan fingerprint density at radius 3 is 2.23 bits per heavy atom. The molecule has 3 rings (SSSR count). The second-order valence-corrected chi connectivity index (χ2v) is 8.88. The van der Waals surface area contributed by atoms with E-state index in [1.807, 2.05) is 12.1 Å². The summed E-state index contributed by atoms with van der Waals surface area (Å²) in [6.07, 6.45) is 0. The maximum atomic E-state index is 13.3. The Hall–Kier alpha value is -1.96. The monoisotopic (exact) mass is 391 g/mol. The molecular formula is C19H21NO4S2. The van der Waals surface area contributed by atoms with E-state index in [9.17, 15) is 8.42 Å².